The lowest BCUT2D eigenvalue weighted by molar-refractivity contribution is -0.197. The van der Waals surface area contributed by atoms with E-state index in [0.29, 0.717) is 10.0 Å². The summed E-state index contributed by atoms with van der Waals surface area (Å²) in [5.41, 5.74) is 0.420. The highest BCUT2D eigenvalue weighted by Crippen LogP contribution is 2.25. The van der Waals surface area contributed by atoms with Crippen LogP contribution in [-0.2, 0) is 14.9 Å². The van der Waals surface area contributed by atoms with E-state index < -0.39 is 34.1 Å². The maximum Gasteiger partial charge on any atom is 0.426 e. The Morgan fingerprint density at radius 1 is 1.43 bits per heavy atom. The molecule has 21 heavy (non-hydrogen) atoms. The molecule has 10 heteroatoms. The number of halogens is 4. The smallest absolute Gasteiger partial charge is 0.426 e. The third-order valence-electron chi connectivity index (χ3n) is 2.37. The van der Waals surface area contributed by atoms with Gasteiger partial charge in [-0.15, -0.1) is 0 Å². The van der Waals surface area contributed by atoms with E-state index in [-0.39, 0.29) is 5.56 Å². The summed E-state index contributed by atoms with van der Waals surface area (Å²) in [4.78, 5) is 11.6. The van der Waals surface area contributed by atoms with Gasteiger partial charge in [0.1, 0.15) is 5.75 Å². The fourth-order valence-corrected chi connectivity index (χ4v) is 2.24. The van der Waals surface area contributed by atoms with Crippen molar-refractivity contribution in [1.29, 1.82) is 0 Å². The van der Waals surface area contributed by atoms with Gasteiger partial charge in [0.05, 0.1) is 5.56 Å². The van der Waals surface area contributed by atoms with E-state index in [0.717, 1.165) is 0 Å². The number of hydrogen-bond donors (Lipinski definition) is 1. The Morgan fingerprint density at radius 3 is 2.43 bits per heavy atom. The number of aryl methyl sites for hydroxylation is 1. The second-order valence-electron chi connectivity index (χ2n) is 4.15. The van der Waals surface area contributed by atoms with E-state index in [1.807, 2.05) is 0 Å². The minimum absolute atomic E-state index is 0.166. The molecule has 1 rings (SSSR count). The summed E-state index contributed by atoms with van der Waals surface area (Å²) in [5, 5.41) is 0. The highest BCUT2D eigenvalue weighted by Gasteiger charge is 2.45. The Labute approximate surface area is 127 Å². The predicted molar refractivity (Wildman–Crippen MR) is 70.6 cm³/mol. The molecule has 0 spiro atoms. The van der Waals surface area contributed by atoms with Crippen molar-refractivity contribution in [2.75, 3.05) is 5.75 Å². The molecule has 0 saturated heterocycles. The first kappa shape index (κ1) is 17.9. The Balaban J connectivity index is 2.98. The molecular weight excluding hydrogens is 381 g/mol. The maximum atomic E-state index is 12.6. The third-order valence-corrected chi connectivity index (χ3v) is 3.98. The summed E-state index contributed by atoms with van der Waals surface area (Å²) in [5.74, 6) is -3.09. The lowest BCUT2D eigenvalue weighted by Crippen LogP contribution is -2.39. The molecule has 0 saturated carbocycles. The van der Waals surface area contributed by atoms with Gasteiger partial charge in [-0.3, -0.25) is 4.55 Å². The molecule has 1 aromatic rings. The van der Waals surface area contributed by atoms with Gasteiger partial charge >= 0.3 is 12.1 Å². The number of ether oxygens (including phenoxy) is 1. The van der Waals surface area contributed by atoms with Crippen LogP contribution in [0.3, 0.4) is 0 Å². The predicted octanol–water partition coefficient (Wildman–Crippen LogP) is 2.73. The van der Waals surface area contributed by atoms with Crippen LogP contribution in [0.15, 0.2) is 22.7 Å². The van der Waals surface area contributed by atoms with Gasteiger partial charge in [0, 0.05) is 4.47 Å². The molecule has 0 aliphatic heterocycles. The van der Waals surface area contributed by atoms with Gasteiger partial charge in [0.15, 0.2) is 0 Å². The lowest BCUT2D eigenvalue weighted by atomic mass is 10.1. The quantitative estimate of drug-likeness (QED) is 0.631. The molecule has 0 amide bonds. The summed E-state index contributed by atoms with van der Waals surface area (Å²) in [7, 11) is -4.95. The number of benzene rings is 1. The minimum atomic E-state index is -5.12. The first-order chi connectivity index (χ1) is 9.40. The van der Waals surface area contributed by atoms with Crippen molar-refractivity contribution >= 4 is 32.0 Å². The van der Waals surface area contributed by atoms with Crippen molar-refractivity contribution in [3.8, 4) is 0 Å². The van der Waals surface area contributed by atoms with Crippen molar-refractivity contribution in [3.63, 3.8) is 0 Å². The SMILES string of the molecule is Cc1cc(C(=O)OC(CS(=O)(=O)O)C(F)(F)F)ccc1Br. The molecule has 0 fully saturated rings. The van der Waals surface area contributed by atoms with Gasteiger partial charge in [-0.1, -0.05) is 15.9 Å². The summed E-state index contributed by atoms with van der Waals surface area (Å²) >= 11 is 3.16. The Bertz CT molecular complexity index is 642. The summed E-state index contributed by atoms with van der Waals surface area (Å²) in [6.45, 7) is 1.61. The van der Waals surface area contributed by atoms with Crippen LogP contribution in [0.25, 0.3) is 0 Å². The van der Waals surface area contributed by atoms with Crippen LogP contribution >= 0.6 is 15.9 Å². The molecule has 0 bridgehead atoms. The van der Waals surface area contributed by atoms with E-state index in [1.165, 1.54) is 18.2 Å². The van der Waals surface area contributed by atoms with E-state index >= 15 is 0 Å². The molecule has 1 unspecified atom stereocenters. The number of alkyl halides is 3. The molecule has 118 valence electrons. The van der Waals surface area contributed by atoms with Crippen molar-refractivity contribution in [1.82, 2.24) is 0 Å². The molecule has 1 atom stereocenters. The fourth-order valence-electron chi connectivity index (χ4n) is 1.36. The van der Waals surface area contributed by atoms with E-state index in [1.54, 1.807) is 6.92 Å². The summed E-state index contributed by atoms with van der Waals surface area (Å²) in [6, 6.07) is 3.95. The van der Waals surface area contributed by atoms with Crippen LogP contribution in [0.1, 0.15) is 15.9 Å². The Morgan fingerprint density at radius 2 is 2.00 bits per heavy atom. The first-order valence-electron chi connectivity index (χ1n) is 5.39. The number of hydrogen-bond acceptors (Lipinski definition) is 4. The molecule has 0 aromatic heterocycles. The number of carbonyl (C=O) groups excluding carboxylic acids is 1. The van der Waals surface area contributed by atoms with Gasteiger partial charge in [-0.2, -0.15) is 21.6 Å². The largest absolute Gasteiger partial charge is 0.448 e. The Kier molecular flexibility index (Phi) is 5.40. The normalized spacial score (nSPS) is 13.8. The summed E-state index contributed by atoms with van der Waals surface area (Å²) < 4.78 is 72.2. The molecule has 5 nitrogen and oxygen atoms in total. The molecular formula is C11H10BrF3O5S. The minimum Gasteiger partial charge on any atom is -0.448 e. The molecule has 0 aliphatic rings. The molecule has 0 aliphatic carbocycles. The van der Waals surface area contributed by atoms with Gasteiger partial charge in [-0.25, -0.2) is 4.79 Å². The van der Waals surface area contributed by atoms with Crippen LogP contribution in [0.5, 0.6) is 0 Å². The maximum absolute atomic E-state index is 12.6. The standard InChI is InChI=1S/C11H10BrF3O5S/c1-6-4-7(2-3-8(6)12)10(16)20-9(11(13,14)15)5-21(17,18)19/h2-4,9H,5H2,1H3,(H,17,18,19). The average Bonchev–Trinajstić information content (AvgIpc) is 2.28. The molecule has 1 aromatic carbocycles. The fraction of sp³-hybridized carbons (Fsp3) is 0.364. The van der Waals surface area contributed by atoms with Crippen LogP contribution in [0.4, 0.5) is 13.2 Å². The zero-order valence-electron chi connectivity index (χ0n) is 10.5. The van der Waals surface area contributed by atoms with E-state index in [4.69, 9.17) is 4.55 Å². The topological polar surface area (TPSA) is 80.7 Å². The van der Waals surface area contributed by atoms with Gasteiger partial charge in [0.2, 0.25) is 6.10 Å². The highest BCUT2D eigenvalue weighted by molar-refractivity contribution is 9.10. The van der Waals surface area contributed by atoms with Crippen molar-refractivity contribution in [2.24, 2.45) is 0 Å². The van der Waals surface area contributed by atoms with E-state index in [9.17, 15) is 26.4 Å². The lowest BCUT2D eigenvalue weighted by Gasteiger charge is -2.19. The first-order valence-corrected chi connectivity index (χ1v) is 7.79. The second-order valence-corrected chi connectivity index (χ2v) is 6.50. The van der Waals surface area contributed by atoms with Gasteiger partial charge in [0.25, 0.3) is 10.1 Å². The molecule has 0 heterocycles. The van der Waals surface area contributed by atoms with Gasteiger partial charge in [-0.05, 0) is 30.7 Å². The third kappa shape index (κ3) is 5.64. The average molecular weight is 391 g/mol. The zero-order valence-corrected chi connectivity index (χ0v) is 12.9. The van der Waals surface area contributed by atoms with E-state index in [2.05, 4.69) is 20.7 Å². The number of esters is 1. The molecule has 0 radical (unpaired) electrons. The number of rotatable bonds is 4. The second kappa shape index (κ2) is 6.32. The monoisotopic (exact) mass is 390 g/mol. The summed E-state index contributed by atoms with van der Waals surface area (Å²) in [6.07, 6.45) is -8.06. The Hall–Kier alpha value is -1.13. The molecule has 1 N–H and O–H groups in total. The van der Waals surface area contributed by atoms with Crippen molar-refractivity contribution in [2.45, 2.75) is 19.2 Å². The zero-order chi connectivity index (χ0) is 16.4. The van der Waals surface area contributed by atoms with Crippen molar-refractivity contribution < 1.29 is 35.7 Å². The van der Waals surface area contributed by atoms with Crippen molar-refractivity contribution in [3.05, 3.63) is 33.8 Å². The van der Waals surface area contributed by atoms with Crippen LogP contribution in [-0.4, -0.2) is 37.0 Å². The highest BCUT2D eigenvalue weighted by atomic mass is 79.9. The van der Waals surface area contributed by atoms with Crippen LogP contribution in [0.2, 0.25) is 0 Å². The van der Waals surface area contributed by atoms with Crippen LogP contribution < -0.4 is 0 Å². The number of carbonyl (C=O) groups is 1. The van der Waals surface area contributed by atoms with Gasteiger partial charge < -0.3 is 4.74 Å². The van der Waals surface area contributed by atoms with Crippen LogP contribution in [0, 0.1) is 6.92 Å².